The largest absolute Gasteiger partial charge is 0.435 e. The first-order valence-corrected chi connectivity index (χ1v) is 11.2. The highest BCUT2D eigenvalue weighted by Crippen LogP contribution is 2.43. The van der Waals surface area contributed by atoms with Crippen molar-refractivity contribution in [1.82, 2.24) is 10.8 Å². The number of nitrogens with zero attached hydrogens (tertiary/aromatic N) is 1. The van der Waals surface area contributed by atoms with Gasteiger partial charge in [0.05, 0.1) is 5.71 Å². The molecule has 2 aromatic carbocycles. The average Bonchev–Trinajstić information content (AvgIpc) is 3.16. The summed E-state index contributed by atoms with van der Waals surface area (Å²) in [4.78, 5) is 34.1. The Morgan fingerprint density at radius 1 is 1.23 bits per heavy atom. The molecule has 1 saturated heterocycles. The Labute approximate surface area is 209 Å². The van der Waals surface area contributed by atoms with Gasteiger partial charge in [0.2, 0.25) is 0 Å². The van der Waals surface area contributed by atoms with Crippen LogP contribution in [0, 0.1) is 6.92 Å². The molecule has 188 valence electrons. The summed E-state index contributed by atoms with van der Waals surface area (Å²) in [5.74, 6) is -0.952. The maximum absolute atomic E-state index is 14.0. The monoisotopic (exact) mass is 531 g/mol. The second-order valence-electron chi connectivity index (χ2n) is 8.01. The summed E-state index contributed by atoms with van der Waals surface area (Å²) in [6.07, 6.45) is -4.59. The molecule has 1 heterocycles. The van der Waals surface area contributed by atoms with E-state index >= 15 is 0 Å². The minimum absolute atomic E-state index is 0.00148. The molecule has 1 aliphatic rings. The number of hydroxylamine groups is 1. The van der Waals surface area contributed by atoms with Gasteiger partial charge in [0.15, 0.2) is 0 Å². The van der Waals surface area contributed by atoms with E-state index < -0.39 is 29.6 Å². The Morgan fingerprint density at radius 2 is 1.89 bits per heavy atom. The van der Waals surface area contributed by atoms with Gasteiger partial charge in [-0.15, -0.1) is 0 Å². The predicted octanol–water partition coefficient (Wildman–Crippen LogP) is 5.07. The third-order valence-electron chi connectivity index (χ3n) is 5.48. The number of hydrogen-bond donors (Lipinski definition) is 2. The lowest BCUT2D eigenvalue weighted by Gasteiger charge is -2.30. The first-order chi connectivity index (χ1) is 16.4. The van der Waals surface area contributed by atoms with Crippen molar-refractivity contribution in [2.75, 3.05) is 6.61 Å². The molecule has 0 saturated carbocycles. The smallest absolute Gasteiger partial charge is 0.375 e. The Morgan fingerprint density at radius 3 is 2.40 bits per heavy atom. The maximum atomic E-state index is 14.0. The van der Waals surface area contributed by atoms with Gasteiger partial charge in [0.1, 0.15) is 12.6 Å². The number of hydrogen-bond acceptors (Lipinski definition) is 5. The summed E-state index contributed by atoms with van der Waals surface area (Å²) in [6.45, 7) is 4.21. The van der Waals surface area contributed by atoms with Crippen molar-refractivity contribution >= 4 is 40.7 Å². The van der Waals surface area contributed by atoms with E-state index in [9.17, 15) is 22.8 Å². The van der Waals surface area contributed by atoms with Crippen LogP contribution in [0.5, 0.6) is 0 Å². The highest BCUT2D eigenvalue weighted by Gasteiger charge is 2.56. The molecule has 0 aromatic heterocycles. The zero-order valence-electron chi connectivity index (χ0n) is 18.9. The van der Waals surface area contributed by atoms with E-state index in [4.69, 9.17) is 32.9 Å². The molecule has 7 nitrogen and oxygen atoms in total. The van der Waals surface area contributed by atoms with E-state index in [2.05, 4.69) is 16.0 Å². The number of benzene rings is 2. The third-order valence-corrected chi connectivity index (χ3v) is 5.91. The quantitative estimate of drug-likeness (QED) is 0.385. The van der Waals surface area contributed by atoms with Crippen LogP contribution in [0.1, 0.15) is 47.3 Å². The highest BCUT2D eigenvalue weighted by molar-refractivity contribution is 6.34. The number of rotatable bonds is 7. The highest BCUT2D eigenvalue weighted by atomic mass is 35.5. The minimum atomic E-state index is -4.84. The Hall–Kier alpha value is -2.82. The molecule has 12 heteroatoms. The van der Waals surface area contributed by atoms with E-state index in [1.807, 2.05) is 0 Å². The van der Waals surface area contributed by atoms with Crippen molar-refractivity contribution in [3.8, 4) is 0 Å². The number of alkyl halides is 3. The van der Waals surface area contributed by atoms with E-state index in [0.29, 0.717) is 16.7 Å². The van der Waals surface area contributed by atoms with Crippen molar-refractivity contribution in [3.63, 3.8) is 0 Å². The molecule has 1 aliphatic heterocycles. The Kier molecular flexibility index (Phi) is 7.98. The normalized spacial score (nSPS) is 18.1. The van der Waals surface area contributed by atoms with Gasteiger partial charge >= 0.3 is 6.18 Å². The second kappa shape index (κ2) is 10.4. The molecule has 2 N–H and O–H groups in total. The second-order valence-corrected chi connectivity index (χ2v) is 8.88. The van der Waals surface area contributed by atoms with Crippen LogP contribution in [-0.4, -0.2) is 36.4 Å². The Bertz CT molecular complexity index is 1150. The van der Waals surface area contributed by atoms with E-state index in [0.717, 1.165) is 19.1 Å². The Balaban J connectivity index is 1.88. The zero-order chi connectivity index (χ0) is 26.0. The van der Waals surface area contributed by atoms with Gasteiger partial charge in [-0.3, -0.25) is 14.4 Å². The molecule has 0 spiro atoms. The molecule has 3 rings (SSSR count). The number of oxime groups is 1. The van der Waals surface area contributed by atoms with Crippen LogP contribution in [-0.2, 0) is 20.1 Å². The lowest BCUT2D eigenvalue weighted by molar-refractivity contribution is -0.278. The van der Waals surface area contributed by atoms with Crippen LogP contribution in [0.25, 0.3) is 0 Å². The molecule has 2 unspecified atom stereocenters. The van der Waals surface area contributed by atoms with Crippen molar-refractivity contribution in [3.05, 3.63) is 68.7 Å². The van der Waals surface area contributed by atoms with Crippen LogP contribution in [0.4, 0.5) is 13.2 Å². The number of carbonyl (C=O) groups excluding carboxylic acids is 2. The average molecular weight is 532 g/mol. The van der Waals surface area contributed by atoms with Crippen molar-refractivity contribution < 1.29 is 32.4 Å². The summed E-state index contributed by atoms with van der Waals surface area (Å²) >= 11 is 11.8. The SMILES string of the molecule is CC/C(=N\OC(C)(c1cc(Cl)cc(Cl)c1)C(F)(F)F)c1ccc(C(=O)NC2CONC2=O)c(C)c1. The fourth-order valence-electron chi connectivity index (χ4n) is 3.35. The molecule has 35 heavy (non-hydrogen) atoms. The summed E-state index contributed by atoms with van der Waals surface area (Å²) in [7, 11) is 0. The summed E-state index contributed by atoms with van der Waals surface area (Å²) in [6, 6.07) is 7.38. The summed E-state index contributed by atoms with van der Waals surface area (Å²) in [5.41, 5.74) is 0.547. The molecule has 2 aromatic rings. The topological polar surface area (TPSA) is 89.0 Å². The number of aryl methyl sites for hydroxylation is 1. The van der Waals surface area contributed by atoms with Gasteiger partial charge in [-0.05, 0) is 61.7 Å². The van der Waals surface area contributed by atoms with Gasteiger partial charge in [0.25, 0.3) is 17.4 Å². The van der Waals surface area contributed by atoms with E-state index in [1.165, 1.54) is 12.1 Å². The van der Waals surface area contributed by atoms with Crippen molar-refractivity contribution in [2.45, 2.75) is 45.0 Å². The molecule has 2 atom stereocenters. The van der Waals surface area contributed by atoms with Crippen LogP contribution >= 0.6 is 23.2 Å². The molecule has 1 fully saturated rings. The van der Waals surface area contributed by atoms with Gasteiger partial charge in [-0.2, -0.15) is 13.2 Å². The predicted molar refractivity (Wildman–Crippen MR) is 124 cm³/mol. The van der Waals surface area contributed by atoms with Gasteiger partial charge in [-0.25, -0.2) is 5.48 Å². The minimum Gasteiger partial charge on any atom is -0.375 e. The number of halogens is 5. The fourth-order valence-corrected chi connectivity index (χ4v) is 3.88. The zero-order valence-corrected chi connectivity index (χ0v) is 20.4. The van der Waals surface area contributed by atoms with E-state index in [1.54, 1.807) is 26.0 Å². The maximum Gasteiger partial charge on any atom is 0.435 e. The van der Waals surface area contributed by atoms with Crippen molar-refractivity contribution in [1.29, 1.82) is 0 Å². The molecule has 0 aliphatic carbocycles. The first-order valence-electron chi connectivity index (χ1n) is 10.5. The number of nitrogens with one attached hydrogen (secondary N) is 2. The van der Waals surface area contributed by atoms with Gasteiger partial charge < -0.3 is 10.2 Å². The molecular formula is C23H22Cl2F3N3O4. The number of carbonyl (C=O) groups is 2. The van der Waals surface area contributed by atoms with Crippen LogP contribution in [0.15, 0.2) is 41.6 Å². The van der Waals surface area contributed by atoms with Gasteiger partial charge in [0, 0.05) is 21.2 Å². The van der Waals surface area contributed by atoms with Crippen molar-refractivity contribution in [2.24, 2.45) is 5.16 Å². The van der Waals surface area contributed by atoms with Gasteiger partial charge in [-0.1, -0.05) is 41.3 Å². The van der Waals surface area contributed by atoms with Crippen LogP contribution in [0.3, 0.4) is 0 Å². The lowest BCUT2D eigenvalue weighted by atomic mass is 9.95. The molecule has 2 amide bonds. The fraction of sp³-hybridized carbons (Fsp3) is 0.348. The standard InChI is InChI=1S/C23H22Cl2F3N3O4/c1-4-18(30-35-22(3,23(26,27)28)14-8-15(24)10-16(25)9-14)13-5-6-17(12(2)7-13)20(32)29-19-11-34-31-21(19)33/h5-10,19H,4,11H2,1-3H3,(H,29,32)(H,31,33)/b30-18+. The third kappa shape index (κ3) is 5.88. The summed E-state index contributed by atoms with van der Waals surface area (Å²) in [5, 5.41) is 6.45. The molecule has 0 radical (unpaired) electrons. The number of amides is 2. The molecular weight excluding hydrogens is 510 g/mol. The lowest BCUT2D eigenvalue weighted by Crippen LogP contribution is -2.41. The molecule has 0 bridgehead atoms. The summed E-state index contributed by atoms with van der Waals surface area (Å²) < 4.78 is 42.1. The van der Waals surface area contributed by atoms with Crippen LogP contribution in [0.2, 0.25) is 10.0 Å². The van der Waals surface area contributed by atoms with Crippen LogP contribution < -0.4 is 10.8 Å². The first kappa shape index (κ1) is 26.8. The van der Waals surface area contributed by atoms with E-state index in [-0.39, 0.29) is 34.3 Å².